The average Bonchev–Trinajstić information content (AvgIpc) is 2.48. The van der Waals surface area contributed by atoms with Crippen LogP contribution in [0.15, 0.2) is 48.5 Å². The molecule has 2 nitrogen and oxygen atoms in total. The van der Waals surface area contributed by atoms with Gasteiger partial charge in [0, 0.05) is 17.5 Å². The lowest BCUT2D eigenvalue weighted by Gasteiger charge is -2.18. The van der Waals surface area contributed by atoms with Gasteiger partial charge in [-0.1, -0.05) is 48.0 Å². The number of rotatable bonds is 6. The maximum absolute atomic E-state index is 9.74. The molecular formula is C17H20ClNO. The first-order valence-corrected chi connectivity index (χ1v) is 7.20. The van der Waals surface area contributed by atoms with Gasteiger partial charge in [0.25, 0.3) is 0 Å². The lowest BCUT2D eigenvalue weighted by Crippen LogP contribution is -2.14. The molecule has 1 unspecified atom stereocenters. The van der Waals surface area contributed by atoms with Crippen LogP contribution in [0.2, 0.25) is 5.02 Å². The van der Waals surface area contributed by atoms with Gasteiger partial charge in [0.2, 0.25) is 0 Å². The second-order valence-electron chi connectivity index (χ2n) is 4.94. The van der Waals surface area contributed by atoms with Crippen LogP contribution in [0.5, 0.6) is 0 Å². The molecule has 2 aromatic rings. The topological polar surface area (TPSA) is 32.3 Å². The van der Waals surface area contributed by atoms with Gasteiger partial charge in [-0.05, 0) is 42.3 Å². The van der Waals surface area contributed by atoms with E-state index in [1.165, 1.54) is 16.7 Å². The van der Waals surface area contributed by atoms with Crippen molar-refractivity contribution >= 4 is 11.6 Å². The van der Waals surface area contributed by atoms with Crippen molar-refractivity contribution in [3.63, 3.8) is 0 Å². The fourth-order valence-electron chi connectivity index (χ4n) is 2.46. The van der Waals surface area contributed by atoms with Gasteiger partial charge in [-0.25, -0.2) is 0 Å². The van der Waals surface area contributed by atoms with E-state index in [0.717, 1.165) is 18.0 Å². The molecule has 0 fully saturated rings. The van der Waals surface area contributed by atoms with Gasteiger partial charge in [0.05, 0.1) is 6.61 Å². The number of hydrogen-bond acceptors (Lipinski definition) is 2. The summed E-state index contributed by atoms with van der Waals surface area (Å²) in [6.07, 6.45) is 0.814. The van der Waals surface area contributed by atoms with Crippen LogP contribution in [-0.4, -0.2) is 18.8 Å². The molecule has 0 saturated heterocycles. The van der Waals surface area contributed by atoms with Crippen LogP contribution < -0.4 is 5.32 Å². The molecule has 0 aliphatic rings. The largest absolute Gasteiger partial charge is 0.396 e. The van der Waals surface area contributed by atoms with Gasteiger partial charge < -0.3 is 10.4 Å². The molecule has 1 atom stereocenters. The van der Waals surface area contributed by atoms with Crippen LogP contribution in [0.3, 0.4) is 0 Å². The summed E-state index contributed by atoms with van der Waals surface area (Å²) >= 11 is 5.91. The molecule has 0 saturated carbocycles. The number of benzene rings is 2. The van der Waals surface area contributed by atoms with E-state index in [1.54, 1.807) is 0 Å². The van der Waals surface area contributed by atoms with Crippen LogP contribution in [0.25, 0.3) is 0 Å². The molecule has 0 aliphatic carbocycles. The minimum absolute atomic E-state index is 0.112. The third-order valence-corrected chi connectivity index (χ3v) is 3.73. The second-order valence-corrected chi connectivity index (χ2v) is 5.38. The van der Waals surface area contributed by atoms with Crippen LogP contribution in [0, 0.1) is 0 Å². The summed E-state index contributed by atoms with van der Waals surface area (Å²) in [7, 11) is 1.93. The Labute approximate surface area is 125 Å². The second kappa shape index (κ2) is 7.44. The van der Waals surface area contributed by atoms with Crippen molar-refractivity contribution in [2.45, 2.75) is 18.9 Å². The first-order chi connectivity index (χ1) is 9.74. The third kappa shape index (κ3) is 3.83. The molecule has 0 aliphatic heterocycles. The Hall–Kier alpha value is -1.35. The first kappa shape index (κ1) is 15.0. The van der Waals surface area contributed by atoms with E-state index in [-0.39, 0.29) is 12.5 Å². The van der Waals surface area contributed by atoms with Crippen molar-refractivity contribution in [1.82, 2.24) is 5.32 Å². The lowest BCUT2D eigenvalue weighted by molar-refractivity contribution is 0.264. The predicted molar refractivity (Wildman–Crippen MR) is 84.2 cm³/mol. The molecule has 2 N–H and O–H groups in total. The smallest absolute Gasteiger partial charge is 0.0503 e. The van der Waals surface area contributed by atoms with E-state index in [1.807, 2.05) is 43.4 Å². The van der Waals surface area contributed by atoms with E-state index in [9.17, 15) is 5.11 Å². The van der Waals surface area contributed by atoms with Gasteiger partial charge in [-0.15, -0.1) is 0 Å². The fraction of sp³-hybridized carbons (Fsp3) is 0.294. The van der Waals surface area contributed by atoms with E-state index in [2.05, 4.69) is 17.4 Å². The van der Waals surface area contributed by atoms with Crippen molar-refractivity contribution in [1.29, 1.82) is 0 Å². The normalized spacial score (nSPS) is 12.3. The summed E-state index contributed by atoms with van der Waals surface area (Å²) in [6.45, 7) is 0.955. The highest BCUT2D eigenvalue weighted by Crippen LogP contribution is 2.24. The van der Waals surface area contributed by atoms with Crippen molar-refractivity contribution in [3.8, 4) is 0 Å². The van der Waals surface area contributed by atoms with Crippen LogP contribution >= 0.6 is 11.6 Å². The molecule has 2 rings (SSSR count). The maximum Gasteiger partial charge on any atom is 0.0503 e. The summed E-state index contributed by atoms with van der Waals surface area (Å²) < 4.78 is 0. The van der Waals surface area contributed by atoms with Gasteiger partial charge >= 0.3 is 0 Å². The molecule has 0 bridgehead atoms. The zero-order valence-electron chi connectivity index (χ0n) is 11.6. The number of hydrogen-bond donors (Lipinski definition) is 2. The Kier molecular flexibility index (Phi) is 5.60. The van der Waals surface area contributed by atoms with Crippen LogP contribution in [0.1, 0.15) is 22.6 Å². The minimum atomic E-state index is 0.112. The van der Waals surface area contributed by atoms with Gasteiger partial charge in [-0.3, -0.25) is 0 Å². The molecule has 0 amide bonds. The molecule has 106 valence electrons. The number of halogens is 1. The SMILES string of the molecule is CNCc1ccccc1C(CO)Cc1ccc(Cl)cc1. The minimum Gasteiger partial charge on any atom is -0.396 e. The van der Waals surface area contributed by atoms with Gasteiger partial charge in [0.15, 0.2) is 0 Å². The highest BCUT2D eigenvalue weighted by Gasteiger charge is 2.14. The first-order valence-electron chi connectivity index (χ1n) is 6.82. The average molecular weight is 290 g/mol. The quantitative estimate of drug-likeness (QED) is 0.854. The lowest BCUT2D eigenvalue weighted by atomic mass is 9.89. The van der Waals surface area contributed by atoms with Crippen LogP contribution in [0.4, 0.5) is 0 Å². The van der Waals surface area contributed by atoms with E-state index in [0.29, 0.717) is 0 Å². The maximum atomic E-state index is 9.74. The molecular weight excluding hydrogens is 270 g/mol. The Morgan fingerprint density at radius 2 is 1.80 bits per heavy atom. The van der Waals surface area contributed by atoms with Crippen molar-refractivity contribution < 1.29 is 5.11 Å². The Morgan fingerprint density at radius 3 is 2.45 bits per heavy atom. The molecule has 0 radical (unpaired) electrons. The van der Waals surface area contributed by atoms with E-state index >= 15 is 0 Å². The zero-order chi connectivity index (χ0) is 14.4. The third-order valence-electron chi connectivity index (χ3n) is 3.48. The Balaban J connectivity index is 2.21. The standard InChI is InChI=1S/C17H20ClNO/c1-19-11-14-4-2-3-5-17(14)15(12-20)10-13-6-8-16(18)9-7-13/h2-9,15,19-20H,10-12H2,1H3. The van der Waals surface area contributed by atoms with Gasteiger partial charge in [-0.2, -0.15) is 0 Å². The van der Waals surface area contributed by atoms with Crippen molar-refractivity contribution in [2.24, 2.45) is 0 Å². The monoisotopic (exact) mass is 289 g/mol. The molecule has 3 heteroatoms. The zero-order valence-corrected chi connectivity index (χ0v) is 12.4. The fourth-order valence-corrected chi connectivity index (χ4v) is 2.59. The highest BCUT2D eigenvalue weighted by molar-refractivity contribution is 6.30. The van der Waals surface area contributed by atoms with Crippen LogP contribution in [-0.2, 0) is 13.0 Å². The van der Waals surface area contributed by atoms with Crippen molar-refractivity contribution in [3.05, 3.63) is 70.2 Å². The molecule has 20 heavy (non-hydrogen) atoms. The highest BCUT2D eigenvalue weighted by atomic mass is 35.5. The number of nitrogens with one attached hydrogen (secondary N) is 1. The van der Waals surface area contributed by atoms with Crippen molar-refractivity contribution in [2.75, 3.05) is 13.7 Å². The molecule has 0 heterocycles. The molecule has 2 aromatic carbocycles. The predicted octanol–water partition coefficient (Wildman–Crippen LogP) is 3.38. The summed E-state index contributed by atoms with van der Waals surface area (Å²) in [6, 6.07) is 16.1. The van der Waals surface area contributed by atoms with E-state index < -0.39 is 0 Å². The Morgan fingerprint density at radius 1 is 1.10 bits per heavy atom. The molecule has 0 spiro atoms. The summed E-state index contributed by atoms with van der Waals surface area (Å²) in [4.78, 5) is 0. The number of aliphatic hydroxyl groups excluding tert-OH is 1. The van der Waals surface area contributed by atoms with Gasteiger partial charge in [0.1, 0.15) is 0 Å². The number of aliphatic hydroxyl groups is 1. The summed E-state index contributed by atoms with van der Waals surface area (Å²) in [5, 5.41) is 13.7. The summed E-state index contributed by atoms with van der Waals surface area (Å²) in [5.41, 5.74) is 3.63. The Bertz CT molecular complexity index is 539. The van der Waals surface area contributed by atoms with E-state index in [4.69, 9.17) is 11.6 Å². The summed E-state index contributed by atoms with van der Waals surface area (Å²) in [5.74, 6) is 0.112. The molecule has 0 aromatic heterocycles.